The van der Waals surface area contributed by atoms with Gasteiger partial charge in [0, 0.05) is 34.8 Å². The molecule has 31 heavy (non-hydrogen) atoms. The fourth-order valence-corrected chi connectivity index (χ4v) is 4.63. The van der Waals surface area contributed by atoms with Crippen LogP contribution in [0.2, 0.25) is 0 Å². The van der Waals surface area contributed by atoms with Crippen molar-refractivity contribution in [3.8, 4) is 11.3 Å². The van der Waals surface area contributed by atoms with E-state index in [9.17, 15) is 15.3 Å². The highest BCUT2D eigenvalue weighted by Crippen LogP contribution is 2.38. The zero-order valence-electron chi connectivity index (χ0n) is 18.0. The summed E-state index contributed by atoms with van der Waals surface area (Å²) < 4.78 is 17.0. The molecule has 8 atom stereocenters. The van der Waals surface area contributed by atoms with E-state index in [2.05, 4.69) is 5.16 Å². The summed E-state index contributed by atoms with van der Waals surface area (Å²) in [6, 6.07) is 9.92. The highest BCUT2D eigenvalue weighted by atomic mass is 32.2. The zero-order valence-corrected chi connectivity index (χ0v) is 18.9. The molecular weight excluding hydrogens is 418 g/mol. The third-order valence-electron chi connectivity index (χ3n) is 6.52. The van der Waals surface area contributed by atoms with E-state index in [1.54, 1.807) is 18.7 Å². The fourth-order valence-electron chi connectivity index (χ4n) is 4.22. The molecule has 1 aromatic carbocycles. The lowest BCUT2D eigenvalue weighted by Gasteiger charge is -2.37. The van der Waals surface area contributed by atoms with Crippen molar-refractivity contribution in [3.63, 3.8) is 0 Å². The summed E-state index contributed by atoms with van der Waals surface area (Å²) in [7, 11) is 0. The van der Waals surface area contributed by atoms with Crippen molar-refractivity contribution in [2.24, 2.45) is 11.8 Å². The summed E-state index contributed by atoms with van der Waals surface area (Å²) >= 11 is 1.68. The number of rotatable bonds is 8. The minimum absolute atomic E-state index is 0.000309. The van der Waals surface area contributed by atoms with Crippen molar-refractivity contribution in [1.29, 1.82) is 0 Å². The molecule has 0 radical (unpaired) electrons. The molecular formula is C23H31NO6S. The van der Waals surface area contributed by atoms with E-state index in [1.807, 2.05) is 43.5 Å². The second-order valence-electron chi connectivity index (χ2n) is 8.70. The monoisotopic (exact) mass is 449 g/mol. The van der Waals surface area contributed by atoms with Gasteiger partial charge in [0.2, 0.25) is 0 Å². The predicted molar refractivity (Wildman–Crippen MR) is 117 cm³/mol. The Hall–Kier alpha value is -1.42. The molecule has 0 unspecified atom stereocenters. The SMILES string of the molecule is CSc1ccc(-c2cc(C[C@@H]3OC[C@H](C[C@@H]4O[C@H]4[C@@H](C)[C@H](C)O)[C@@H](O)[C@H]3O)on2)cc1. The Kier molecular flexibility index (Phi) is 7.05. The molecule has 2 fully saturated rings. The van der Waals surface area contributed by atoms with E-state index in [0.717, 1.165) is 11.3 Å². The first-order valence-electron chi connectivity index (χ1n) is 10.8. The maximum Gasteiger partial charge on any atom is 0.140 e. The molecule has 0 bridgehead atoms. The van der Waals surface area contributed by atoms with Crippen LogP contribution in [-0.4, -0.2) is 70.0 Å². The molecule has 2 aliphatic rings. The number of aliphatic hydroxyl groups is 3. The van der Waals surface area contributed by atoms with Gasteiger partial charge in [-0.15, -0.1) is 11.8 Å². The predicted octanol–water partition coefficient (Wildman–Crippen LogP) is 2.52. The molecule has 0 spiro atoms. The third-order valence-corrected chi connectivity index (χ3v) is 7.26. The summed E-state index contributed by atoms with van der Waals surface area (Å²) in [4.78, 5) is 1.18. The Morgan fingerprint density at radius 1 is 1.13 bits per heavy atom. The highest BCUT2D eigenvalue weighted by molar-refractivity contribution is 7.98. The second kappa shape index (κ2) is 9.60. The number of hydrogen-bond acceptors (Lipinski definition) is 8. The number of nitrogens with zero attached hydrogens (tertiary/aromatic N) is 1. The molecule has 0 aliphatic carbocycles. The first-order valence-corrected chi connectivity index (χ1v) is 12.0. The average molecular weight is 450 g/mol. The van der Waals surface area contributed by atoms with Gasteiger partial charge in [0.05, 0.1) is 37.1 Å². The lowest BCUT2D eigenvalue weighted by molar-refractivity contribution is -0.166. The first kappa shape index (κ1) is 22.8. The van der Waals surface area contributed by atoms with Gasteiger partial charge in [0.1, 0.15) is 17.6 Å². The Labute approximate surface area is 186 Å². The van der Waals surface area contributed by atoms with Gasteiger partial charge in [-0.1, -0.05) is 24.2 Å². The molecule has 0 saturated carbocycles. The van der Waals surface area contributed by atoms with E-state index in [0.29, 0.717) is 25.2 Å². The lowest BCUT2D eigenvalue weighted by atomic mass is 9.86. The number of epoxide rings is 1. The maximum atomic E-state index is 10.6. The van der Waals surface area contributed by atoms with E-state index < -0.39 is 24.4 Å². The standard InChI is InChI=1S/C23H31NO6S/c1-12(13(2)25)23-20(29-23)8-15-11-28-19(22(27)21(15)26)10-16-9-18(24-30-16)14-4-6-17(31-3)7-5-14/h4-7,9,12-13,15,19-23,25-27H,8,10-11H2,1-3H3/t12-,13-,15-,19-,20-,21+,22-,23-/m0/s1. The van der Waals surface area contributed by atoms with Gasteiger partial charge in [0.25, 0.3) is 0 Å². The van der Waals surface area contributed by atoms with Crippen molar-refractivity contribution < 1.29 is 29.3 Å². The second-order valence-corrected chi connectivity index (χ2v) is 9.58. The van der Waals surface area contributed by atoms with Crippen molar-refractivity contribution >= 4 is 11.8 Å². The Morgan fingerprint density at radius 3 is 2.55 bits per heavy atom. The number of thioether (sulfide) groups is 1. The van der Waals surface area contributed by atoms with Crippen LogP contribution in [0, 0.1) is 11.8 Å². The minimum Gasteiger partial charge on any atom is -0.393 e. The maximum absolute atomic E-state index is 10.6. The molecule has 3 heterocycles. The van der Waals surface area contributed by atoms with Crippen LogP contribution in [0.1, 0.15) is 26.0 Å². The van der Waals surface area contributed by atoms with Crippen LogP contribution in [0.25, 0.3) is 11.3 Å². The third kappa shape index (κ3) is 5.16. The van der Waals surface area contributed by atoms with E-state index >= 15 is 0 Å². The molecule has 2 saturated heterocycles. The number of hydrogen-bond donors (Lipinski definition) is 3. The molecule has 0 amide bonds. The lowest BCUT2D eigenvalue weighted by Crippen LogP contribution is -2.51. The van der Waals surface area contributed by atoms with Crippen molar-refractivity contribution in [2.45, 2.75) is 68.2 Å². The molecule has 4 rings (SSSR count). The van der Waals surface area contributed by atoms with Crippen LogP contribution < -0.4 is 0 Å². The topological polar surface area (TPSA) is 108 Å². The number of benzene rings is 1. The molecule has 170 valence electrons. The molecule has 8 heteroatoms. The van der Waals surface area contributed by atoms with E-state index in [4.69, 9.17) is 14.0 Å². The summed E-state index contributed by atoms with van der Waals surface area (Å²) in [5.74, 6) is 0.444. The molecule has 2 aliphatic heterocycles. The quantitative estimate of drug-likeness (QED) is 0.417. The summed E-state index contributed by atoms with van der Waals surface area (Å²) in [6.07, 6.45) is 0.0558. The molecule has 7 nitrogen and oxygen atoms in total. The molecule has 2 aromatic rings. The van der Waals surface area contributed by atoms with Gasteiger partial charge in [0.15, 0.2) is 0 Å². The van der Waals surface area contributed by atoms with Gasteiger partial charge < -0.3 is 29.3 Å². The number of ether oxygens (including phenoxy) is 2. The van der Waals surface area contributed by atoms with Gasteiger partial charge in [-0.05, 0) is 31.7 Å². The number of aliphatic hydroxyl groups excluding tert-OH is 3. The van der Waals surface area contributed by atoms with Crippen LogP contribution in [0.15, 0.2) is 39.8 Å². The van der Waals surface area contributed by atoms with Crippen molar-refractivity contribution in [3.05, 3.63) is 36.1 Å². The van der Waals surface area contributed by atoms with E-state index in [-0.39, 0.29) is 24.0 Å². The Morgan fingerprint density at radius 2 is 1.87 bits per heavy atom. The average Bonchev–Trinajstić information content (AvgIpc) is 3.38. The minimum atomic E-state index is -1.01. The summed E-state index contributed by atoms with van der Waals surface area (Å²) in [5, 5.41) is 35.1. The highest BCUT2D eigenvalue weighted by Gasteiger charge is 2.48. The fraction of sp³-hybridized carbons (Fsp3) is 0.609. The van der Waals surface area contributed by atoms with Crippen LogP contribution >= 0.6 is 11.8 Å². The summed E-state index contributed by atoms with van der Waals surface area (Å²) in [6.45, 7) is 4.05. The van der Waals surface area contributed by atoms with Gasteiger partial charge in [-0.3, -0.25) is 0 Å². The normalized spacial score (nSPS) is 32.6. The zero-order chi connectivity index (χ0) is 22.1. The number of aromatic nitrogens is 1. The van der Waals surface area contributed by atoms with Crippen LogP contribution in [0.5, 0.6) is 0 Å². The largest absolute Gasteiger partial charge is 0.393 e. The van der Waals surface area contributed by atoms with Gasteiger partial charge in [-0.2, -0.15) is 0 Å². The first-order chi connectivity index (χ1) is 14.9. The van der Waals surface area contributed by atoms with Gasteiger partial charge >= 0.3 is 0 Å². The van der Waals surface area contributed by atoms with Crippen LogP contribution in [0.3, 0.4) is 0 Å². The van der Waals surface area contributed by atoms with Crippen LogP contribution in [-0.2, 0) is 15.9 Å². The Bertz CT molecular complexity index is 856. The summed E-state index contributed by atoms with van der Waals surface area (Å²) in [5.41, 5.74) is 1.69. The van der Waals surface area contributed by atoms with E-state index in [1.165, 1.54) is 4.90 Å². The van der Waals surface area contributed by atoms with Crippen LogP contribution in [0.4, 0.5) is 0 Å². The van der Waals surface area contributed by atoms with Gasteiger partial charge in [-0.25, -0.2) is 0 Å². The Balaban J connectivity index is 1.31. The van der Waals surface area contributed by atoms with Crippen molar-refractivity contribution in [2.75, 3.05) is 12.9 Å². The molecule has 1 aromatic heterocycles. The van der Waals surface area contributed by atoms with Crippen molar-refractivity contribution in [1.82, 2.24) is 5.16 Å². The molecule has 3 N–H and O–H groups in total. The smallest absolute Gasteiger partial charge is 0.140 e.